The maximum absolute atomic E-state index is 14.8. The fourth-order valence-electron chi connectivity index (χ4n) is 4.58. The number of aromatic nitrogens is 1. The smallest absolute Gasteiger partial charge is 0.266 e. The SMILES string of the molecule is COc1cc2nccc(N[C@H](C)c3cccc(C(F)F)c3F)c2cc1C1=CCS(=O)(=NC2CC2)CC1. The molecule has 1 N–H and O–H groups in total. The van der Waals surface area contributed by atoms with Gasteiger partial charge >= 0.3 is 0 Å². The minimum Gasteiger partial charge on any atom is -0.496 e. The van der Waals surface area contributed by atoms with Crippen LogP contribution in [0.1, 0.15) is 55.3 Å². The van der Waals surface area contributed by atoms with E-state index >= 15 is 0 Å². The van der Waals surface area contributed by atoms with E-state index in [0.29, 0.717) is 34.9 Å². The van der Waals surface area contributed by atoms with E-state index in [4.69, 9.17) is 4.74 Å². The number of anilines is 1. The van der Waals surface area contributed by atoms with Gasteiger partial charge in [-0.15, -0.1) is 0 Å². The van der Waals surface area contributed by atoms with E-state index < -0.39 is 33.6 Å². The predicted molar refractivity (Wildman–Crippen MR) is 138 cm³/mol. The highest BCUT2D eigenvalue weighted by Crippen LogP contribution is 2.38. The molecule has 1 aliphatic carbocycles. The van der Waals surface area contributed by atoms with E-state index in [-0.39, 0.29) is 11.6 Å². The quantitative estimate of drug-likeness (QED) is 0.371. The van der Waals surface area contributed by atoms with Crippen LogP contribution in [0.2, 0.25) is 0 Å². The first-order valence-corrected chi connectivity index (χ1v) is 13.8. The van der Waals surface area contributed by atoms with Gasteiger partial charge in [-0.3, -0.25) is 4.98 Å². The summed E-state index contributed by atoms with van der Waals surface area (Å²) in [6.07, 6.45) is 3.44. The molecule has 1 fully saturated rings. The Morgan fingerprint density at radius 3 is 2.64 bits per heavy atom. The number of nitrogens with zero attached hydrogens (tertiary/aromatic N) is 2. The molecule has 0 saturated heterocycles. The normalized spacial score (nSPS) is 20.8. The minimum absolute atomic E-state index is 0.163. The predicted octanol–water partition coefficient (Wildman–Crippen LogP) is 6.91. The molecule has 1 unspecified atom stereocenters. The van der Waals surface area contributed by atoms with Gasteiger partial charge in [-0.2, -0.15) is 0 Å². The van der Waals surface area contributed by atoms with Crippen molar-refractivity contribution in [2.24, 2.45) is 4.36 Å². The summed E-state index contributed by atoms with van der Waals surface area (Å²) >= 11 is 0. The number of alkyl halides is 2. The first-order chi connectivity index (χ1) is 17.3. The molecule has 1 aromatic heterocycles. The van der Waals surface area contributed by atoms with Crippen LogP contribution in [0.5, 0.6) is 5.75 Å². The Hall–Kier alpha value is -3.07. The van der Waals surface area contributed by atoms with Crippen molar-refractivity contribution < 1.29 is 22.1 Å². The topological polar surface area (TPSA) is 63.6 Å². The monoisotopic (exact) mass is 515 g/mol. The Morgan fingerprint density at radius 1 is 1.19 bits per heavy atom. The number of ether oxygens (including phenoxy) is 1. The van der Waals surface area contributed by atoms with Gasteiger partial charge in [0.15, 0.2) is 0 Å². The summed E-state index contributed by atoms with van der Waals surface area (Å²) in [6, 6.07) is 9.34. The number of rotatable bonds is 7. The zero-order valence-corrected chi connectivity index (χ0v) is 21.0. The maximum atomic E-state index is 14.8. The molecular formula is C27H28F3N3O2S. The molecule has 1 aliphatic heterocycles. The lowest BCUT2D eigenvalue weighted by molar-refractivity contribution is 0.146. The number of pyridine rings is 1. The Bertz CT molecular complexity index is 1460. The lowest BCUT2D eigenvalue weighted by Gasteiger charge is -2.21. The zero-order valence-electron chi connectivity index (χ0n) is 20.1. The second kappa shape index (κ2) is 9.76. The highest BCUT2D eigenvalue weighted by molar-refractivity contribution is 7.93. The lowest BCUT2D eigenvalue weighted by Crippen LogP contribution is -2.16. The van der Waals surface area contributed by atoms with Crippen molar-refractivity contribution in [2.75, 3.05) is 23.9 Å². The molecular weight excluding hydrogens is 487 g/mol. The summed E-state index contributed by atoms with van der Waals surface area (Å²) in [5.41, 5.74) is 2.85. The molecule has 3 aromatic rings. The molecule has 5 rings (SSSR count). The van der Waals surface area contributed by atoms with Crippen LogP contribution in [-0.4, -0.2) is 33.9 Å². The number of hydrogen-bond acceptors (Lipinski definition) is 5. The average Bonchev–Trinajstić information content (AvgIpc) is 3.67. The zero-order chi connectivity index (χ0) is 25.4. The van der Waals surface area contributed by atoms with Crippen LogP contribution in [-0.2, 0) is 9.73 Å². The first-order valence-electron chi connectivity index (χ1n) is 12.0. The molecule has 190 valence electrons. The van der Waals surface area contributed by atoms with E-state index in [0.717, 1.165) is 35.4 Å². The van der Waals surface area contributed by atoms with Crippen molar-refractivity contribution in [3.63, 3.8) is 0 Å². The molecule has 1 saturated carbocycles. The number of hydrogen-bond donors (Lipinski definition) is 1. The molecule has 0 radical (unpaired) electrons. The maximum Gasteiger partial charge on any atom is 0.266 e. The number of nitrogens with one attached hydrogen (secondary N) is 1. The fourth-order valence-corrected chi connectivity index (χ4v) is 6.69. The highest BCUT2D eigenvalue weighted by Gasteiger charge is 2.26. The van der Waals surface area contributed by atoms with Gasteiger partial charge in [-0.25, -0.2) is 21.7 Å². The van der Waals surface area contributed by atoms with Crippen molar-refractivity contribution in [2.45, 2.75) is 44.7 Å². The second-order valence-corrected chi connectivity index (χ2v) is 11.8. The third-order valence-electron chi connectivity index (χ3n) is 6.71. The number of fused-ring (bicyclic) bond motifs is 1. The van der Waals surface area contributed by atoms with Crippen molar-refractivity contribution >= 4 is 31.9 Å². The summed E-state index contributed by atoms with van der Waals surface area (Å²) in [4.78, 5) is 4.46. The third kappa shape index (κ3) is 4.93. The standard InChI is InChI=1S/C27H28F3N3O2S/c1-16(19-4-3-5-20(26(19)28)27(29)30)32-23-8-11-31-24-15-25(35-2)21(14-22(23)24)17-9-12-36(34,13-10-17)33-18-6-7-18/h3-5,8-9,11,14-16,18,27H,6-7,10,12-13H2,1-2H3,(H,31,32)/t16-,36?/m1/s1. The largest absolute Gasteiger partial charge is 0.496 e. The number of benzene rings is 2. The van der Waals surface area contributed by atoms with Gasteiger partial charge in [-0.05, 0) is 43.9 Å². The van der Waals surface area contributed by atoms with Crippen molar-refractivity contribution in [3.8, 4) is 5.75 Å². The van der Waals surface area contributed by atoms with Crippen molar-refractivity contribution in [3.05, 3.63) is 71.2 Å². The van der Waals surface area contributed by atoms with E-state index in [2.05, 4.69) is 14.7 Å². The van der Waals surface area contributed by atoms with Gasteiger partial charge in [0.05, 0.1) is 45.8 Å². The molecule has 2 heterocycles. The van der Waals surface area contributed by atoms with Crippen LogP contribution in [0.25, 0.3) is 16.5 Å². The summed E-state index contributed by atoms with van der Waals surface area (Å²) in [6.45, 7) is 1.73. The van der Waals surface area contributed by atoms with Gasteiger partial charge in [0.1, 0.15) is 11.6 Å². The van der Waals surface area contributed by atoms with Crippen LogP contribution in [0.3, 0.4) is 0 Å². The Balaban J connectivity index is 1.50. The summed E-state index contributed by atoms with van der Waals surface area (Å²) in [7, 11) is -0.604. The van der Waals surface area contributed by atoms with Crippen LogP contribution < -0.4 is 10.1 Å². The molecule has 0 amide bonds. The summed E-state index contributed by atoms with van der Waals surface area (Å²) in [5, 5.41) is 4.06. The van der Waals surface area contributed by atoms with Gasteiger partial charge in [0.25, 0.3) is 6.43 Å². The Morgan fingerprint density at radius 2 is 1.97 bits per heavy atom. The molecule has 9 heteroatoms. The number of methoxy groups -OCH3 is 1. The van der Waals surface area contributed by atoms with E-state index in [9.17, 15) is 17.4 Å². The lowest BCUT2D eigenvalue weighted by atomic mass is 9.98. The third-order valence-corrected chi connectivity index (χ3v) is 8.92. The molecule has 5 nitrogen and oxygen atoms in total. The summed E-state index contributed by atoms with van der Waals surface area (Å²) < 4.78 is 64.4. The van der Waals surface area contributed by atoms with Gasteiger partial charge in [-0.1, -0.05) is 24.3 Å². The highest BCUT2D eigenvalue weighted by atomic mass is 32.2. The first kappa shape index (κ1) is 24.6. The molecule has 0 bridgehead atoms. The van der Waals surface area contributed by atoms with Crippen LogP contribution in [0.4, 0.5) is 18.9 Å². The van der Waals surface area contributed by atoms with Crippen LogP contribution >= 0.6 is 0 Å². The molecule has 36 heavy (non-hydrogen) atoms. The van der Waals surface area contributed by atoms with Gasteiger partial charge in [0.2, 0.25) is 0 Å². The number of allylic oxidation sites excluding steroid dienone is 1. The number of halogens is 3. The van der Waals surface area contributed by atoms with Crippen molar-refractivity contribution in [1.82, 2.24) is 4.98 Å². The second-order valence-electron chi connectivity index (χ2n) is 9.30. The van der Waals surface area contributed by atoms with E-state index in [1.807, 2.05) is 18.2 Å². The molecule has 2 atom stereocenters. The minimum atomic E-state index is -2.88. The van der Waals surface area contributed by atoms with Crippen LogP contribution in [0, 0.1) is 5.82 Å². The van der Waals surface area contributed by atoms with Gasteiger partial charge < -0.3 is 10.1 Å². The van der Waals surface area contributed by atoms with E-state index in [1.54, 1.807) is 26.3 Å². The summed E-state index contributed by atoms with van der Waals surface area (Å²) in [5.74, 6) is 0.705. The van der Waals surface area contributed by atoms with E-state index in [1.165, 1.54) is 12.1 Å². The van der Waals surface area contributed by atoms with Gasteiger partial charge in [0, 0.05) is 40.2 Å². The Kier molecular flexibility index (Phi) is 6.68. The average molecular weight is 516 g/mol. The molecule has 2 aromatic carbocycles. The van der Waals surface area contributed by atoms with Crippen molar-refractivity contribution in [1.29, 1.82) is 0 Å². The Labute approximate surface area is 209 Å². The fraction of sp³-hybridized carbons (Fsp3) is 0.370. The van der Waals surface area contributed by atoms with Crippen LogP contribution in [0.15, 0.2) is 53.0 Å². The molecule has 2 aliphatic rings. The molecule has 0 spiro atoms.